The molecule has 1 aromatic carbocycles. The Morgan fingerprint density at radius 2 is 2.04 bits per heavy atom. The zero-order valence-electron chi connectivity index (χ0n) is 15.1. The lowest BCUT2D eigenvalue weighted by atomic mass is 9.97. The van der Waals surface area contributed by atoms with Crippen LogP contribution in [0, 0.1) is 5.82 Å². The summed E-state index contributed by atoms with van der Waals surface area (Å²) in [7, 11) is 0. The molecule has 1 saturated heterocycles. The van der Waals surface area contributed by atoms with Crippen LogP contribution in [-0.2, 0) is 9.53 Å². The third-order valence-corrected chi connectivity index (χ3v) is 4.42. The molecular weight excluding hydrogens is 367 g/mol. The van der Waals surface area contributed by atoms with E-state index in [4.69, 9.17) is 20.9 Å². The number of nitrogens with zero attached hydrogens (tertiary/aromatic N) is 2. The molecule has 0 aliphatic carbocycles. The van der Waals surface area contributed by atoms with Gasteiger partial charge in [0, 0.05) is 12.7 Å². The summed E-state index contributed by atoms with van der Waals surface area (Å²) in [6.07, 6.45) is 1.36. The molecule has 1 fully saturated rings. The van der Waals surface area contributed by atoms with Crippen molar-refractivity contribution in [2.45, 2.75) is 12.0 Å². The van der Waals surface area contributed by atoms with E-state index in [0.29, 0.717) is 12.3 Å². The van der Waals surface area contributed by atoms with E-state index < -0.39 is 11.5 Å². The van der Waals surface area contributed by atoms with Crippen molar-refractivity contribution in [1.82, 2.24) is 9.88 Å². The fourth-order valence-corrected chi connectivity index (χ4v) is 3.10. The molecule has 1 aromatic heterocycles. The molecule has 8 nitrogen and oxygen atoms in total. The van der Waals surface area contributed by atoms with Crippen LogP contribution < -0.4 is 16.2 Å². The smallest absolute Gasteiger partial charge is 0.257 e. The first-order valence-corrected chi connectivity index (χ1v) is 8.69. The molecule has 0 radical (unpaired) electrons. The maximum atomic E-state index is 13.1. The normalized spacial score (nSPS) is 19.2. The number of nitrogens with two attached hydrogens (primary N) is 2. The number of amides is 2. The van der Waals surface area contributed by atoms with Crippen LogP contribution in [0.15, 0.2) is 42.6 Å². The standard InChI is InChI=1S/C19H21FN4O4/c20-13-3-5-14(6-4-13)27-12-19(10-16(21)25)11-24(8-9-28-19)18(26)15-2-1-7-23-17(15)22/h1-7H,8-12H2,(H2,21,25)(H2,22,23). The Labute approximate surface area is 161 Å². The van der Waals surface area contributed by atoms with Gasteiger partial charge < -0.3 is 25.8 Å². The lowest BCUT2D eigenvalue weighted by Gasteiger charge is -2.42. The highest BCUT2D eigenvalue weighted by Crippen LogP contribution is 2.26. The first-order chi connectivity index (χ1) is 13.4. The highest BCUT2D eigenvalue weighted by Gasteiger charge is 2.41. The number of ether oxygens (including phenoxy) is 2. The first kappa shape index (κ1) is 19.6. The molecule has 0 saturated carbocycles. The van der Waals surface area contributed by atoms with Gasteiger partial charge in [-0.05, 0) is 36.4 Å². The molecule has 0 spiro atoms. The van der Waals surface area contributed by atoms with Gasteiger partial charge in [-0.1, -0.05) is 0 Å². The quantitative estimate of drug-likeness (QED) is 0.761. The van der Waals surface area contributed by atoms with E-state index in [9.17, 15) is 14.0 Å². The van der Waals surface area contributed by atoms with Gasteiger partial charge in [0.2, 0.25) is 5.91 Å². The van der Waals surface area contributed by atoms with Crippen LogP contribution in [0.2, 0.25) is 0 Å². The van der Waals surface area contributed by atoms with Crippen LogP contribution in [0.25, 0.3) is 0 Å². The maximum absolute atomic E-state index is 13.1. The van der Waals surface area contributed by atoms with Gasteiger partial charge in [-0.15, -0.1) is 0 Å². The number of pyridine rings is 1. The molecule has 2 amide bonds. The second kappa shape index (κ2) is 8.22. The second-order valence-corrected chi connectivity index (χ2v) is 6.58. The van der Waals surface area contributed by atoms with Gasteiger partial charge in [0.15, 0.2) is 0 Å². The number of anilines is 1. The molecule has 9 heteroatoms. The largest absolute Gasteiger partial charge is 0.490 e. The number of benzene rings is 1. The molecular formula is C19H21FN4O4. The fraction of sp³-hybridized carbons (Fsp3) is 0.316. The molecule has 4 N–H and O–H groups in total. The van der Waals surface area contributed by atoms with Gasteiger partial charge >= 0.3 is 0 Å². The van der Waals surface area contributed by atoms with Gasteiger partial charge in [0.05, 0.1) is 25.1 Å². The maximum Gasteiger partial charge on any atom is 0.257 e. The zero-order valence-corrected chi connectivity index (χ0v) is 15.1. The van der Waals surface area contributed by atoms with Crippen molar-refractivity contribution < 1.29 is 23.5 Å². The van der Waals surface area contributed by atoms with Crippen molar-refractivity contribution in [2.24, 2.45) is 5.73 Å². The number of morpholine rings is 1. The number of hydrogen-bond donors (Lipinski definition) is 2. The molecule has 1 aliphatic rings. The Bertz CT molecular complexity index is 861. The highest BCUT2D eigenvalue weighted by molar-refractivity contribution is 5.98. The van der Waals surface area contributed by atoms with E-state index in [1.165, 1.54) is 35.4 Å². The van der Waals surface area contributed by atoms with Crippen LogP contribution in [0.5, 0.6) is 5.75 Å². The Hall–Kier alpha value is -3.20. The number of hydrogen-bond acceptors (Lipinski definition) is 6. The predicted octanol–water partition coefficient (Wildman–Crippen LogP) is 0.968. The number of carbonyl (C=O) groups is 2. The Kier molecular flexibility index (Phi) is 5.74. The van der Waals surface area contributed by atoms with Crippen LogP contribution >= 0.6 is 0 Å². The summed E-state index contributed by atoms with van der Waals surface area (Å²) < 4.78 is 24.6. The van der Waals surface area contributed by atoms with E-state index >= 15 is 0 Å². The van der Waals surface area contributed by atoms with Gasteiger partial charge in [-0.3, -0.25) is 9.59 Å². The molecule has 3 rings (SSSR count). The summed E-state index contributed by atoms with van der Waals surface area (Å²) in [5.41, 5.74) is 10.4. The van der Waals surface area contributed by atoms with E-state index in [1.54, 1.807) is 12.1 Å². The van der Waals surface area contributed by atoms with Gasteiger partial charge in [0.1, 0.15) is 29.6 Å². The van der Waals surface area contributed by atoms with Crippen molar-refractivity contribution in [3.63, 3.8) is 0 Å². The summed E-state index contributed by atoms with van der Waals surface area (Å²) in [6, 6.07) is 8.67. The molecule has 1 atom stereocenters. The van der Waals surface area contributed by atoms with Crippen molar-refractivity contribution in [2.75, 3.05) is 32.0 Å². The van der Waals surface area contributed by atoms with E-state index in [0.717, 1.165) is 0 Å². The molecule has 0 bridgehead atoms. The number of aromatic nitrogens is 1. The van der Waals surface area contributed by atoms with Crippen molar-refractivity contribution in [1.29, 1.82) is 0 Å². The molecule has 2 aromatic rings. The first-order valence-electron chi connectivity index (χ1n) is 8.69. The van der Waals surface area contributed by atoms with E-state index in [1.807, 2.05) is 0 Å². The lowest BCUT2D eigenvalue weighted by molar-refractivity contribution is -0.142. The van der Waals surface area contributed by atoms with Gasteiger partial charge in [-0.25, -0.2) is 9.37 Å². The predicted molar refractivity (Wildman–Crippen MR) is 98.9 cm³/mol. The second-order valence-electron chi connectivity index (χ2n) is 6.58. The summed E-state index contributed by atoms with van der Waals surface area (Å²) in [6.45, 7) is 0.578. The minimum absolute atomic E-state index is 0.0339. The molecule has 2 heterocycles. The molecule has 1 unspecified atom stereocenters. The number of rotatable bonds is 6. The summed E-state index contributed by atoms with van der Waals surface area (Å²) in [4.78, 5) is 30.0. The summed E-state index contributed by atoms with van der Waals surface area (Å²) in [5.74, 6) is -0.753. The zero-order chi connectivity index (χ0) is 20.1. The molecule has 28 heavy (non-hydrogen) atoms. The molecule has 1 aliphatic heterocycles. The average molecular weight is 388 g/mol. The Balaban J connectivity index is 1.77. The third kappa shape index (κ3) is 4.55. The number of halogens is 1. The van der Waals surface area contributed by atoms with Crippen LogP contribution in [0.4, 0.5) is 10.2 Å². The number of primary amides is 1. The van der Waals surface area contributed by atoms with Crippen molar-refractivity contribution in [3.05, 3.63) is 54.0 Å². The topological polar surface area (TPSA) is 121 Å². The monoisotopic (exact) mass is 388 g/mol. The molecule has 148 valence electrons. The SMILES string of the molecule is NC(=O)CC1(COc2ccc(F)cc2)CN(C(=O)c2cccnc2N)CCO1. The van der Waals surface area contributed by atoms with Crippen LogP contribution in [0.1, 0.15) is 16.8 Å². The minimum atomic E-state index is -1.12. The number of nitrogen functional groups attached to an aromatic ring is 1. The third-order valence-electron chi connectivity index (χ3n) is 4.42. The fourth-order valence-electron chi connectivity index (χ4n) is 3.10. The average Bonchev–Trinajstić information content (AvgIpc) is 2.67. The van der Waals surface area contributed by atoms with E-state index in [-0.39, 0.29) is 49.3 Å². The van der Waals surface area contributed by atoms with Gasteiger partial charge in [-0.2, -0.15) is 0 Å². The minimum Gasteiger partial charge on any atom is -0.490 e. The summed E-state index contributed by atoms with van der Waals surface area (Å²) >= 11 is 0. The van der Waals surface area contributed by atoms with Crippen molar-refractivity contribution in [3.8, 4) is 5.75 Å². The van der Waals surface area contributed by atoms with Crippen LogP contribution in [0.3, 0.4) is 0 Å². The van der Waals surface area contributed by atoms with Crippen LogP contribution in [-0.4, -0.2) is 53.6 Å². The number of carbonyl (C=O) groups excluding carboxylic acids is 2. The van der Waals surface area contributed by atoms with Gasteiger partial charge in [0.25, 0.3) is 5.91 Å². The summed E-state index contributed by atoms with van der Waals surface area (Å²) in [5, 5.41) is 0. The highest BCUT2D eigenvalue weighted by atomic mass is 19.1. The lowest BCUT2D eigenvalue weighted by Crippen LogP contribution is -2.58. The Morgan fingerprint density at radius 3 is 2.71 bits per heavy atom. The van der Waals surface area contributed by atoms with Crippen molar-refractivity contribution >= 4 is 17.6 Å². The Morgan fingerprint density at radius 1 is 1.29 bits per heavy atom. The van der Waals surface area contributed by atoms with E-state index in [2.05, 4.69) is 4.98 Å².